The van der Waals surface area contributed by atoms with E-state index >= 15 is 0 Å². The van der Waals surface area contributed by atoms with Crippen LogP contribution in [0.5, 0.6) is 0 Å². The molecule has 0 rings (SSSR count). The highest BCUT2D eigenvalue weighted by molar-refractivity contribution is 5.80. The van der Waals surface area contributed by atoms with Gasteiger partial charge in [-0.15, -0.1) is 0 Å². The molecular weight excluding hydrogens is 162 g/mol. The van der Waals surface area contributed by atoms with Gasteiger partial charge >= 0.3 is 0 Å². The van der Waals surface area contributed by atoms with E-state index in [0.29, 0.717) is 6.42 Å². The van der Waals surface area contributed by atoms with Crippen LogP contribution in [0.15, 0.2) is 4.99 Å². The van der Waals surface area contributed by atoms with Gasteiger partial charge in [-0.2, -0.15) is 0 Å². The number of hydrogen-bond acceptors (Lipinski definition) is 1. The van der Waals surface area contributed by atoms with Crippen molar-refractivity contribution < 1.29 is 4.79 Å². The third-order valence-corrected chi connectivity index (χ3v) is 2.17. The summed E-state index contributed by atoms with van der Waals surface area (Å²) in [5.41, 5.74) is 0. The van der Waals surface area contributed by atoms with E-state index in [2.05, 4.69) is 18.6 Å². The van der Waals surface area contributed by atoms with Crippen molar-refractivity contribution in [1.82, 2.24) is 0 Å². The largest absolute Gasteiger partial charge is 0.273 e. The molecule has 0 unspecified atom stereocenters. The lowest BCUT2D eigenvalue weighted by atomic mass is 10.1. The summed E-state index contributed by atoms with van der Waals surface area (Å²) in [6, 6.07) is 0. The number of unbranched alkanes of at least 4 members (excludes halogenated alkanes) is 6. The van der Waals surface area contributed by atoms with Gasteiger partial charge in [0, 0.05) is 6.42 Å². The van der Waals surface area contributed by atoms with Crippen LogP contribution in [0, 0.1) is 0 Å². The standard InChI is InChI=1S/C11H21NO/c1-3-4-5-6-7-8-9-10-11(13)12-2/h2-10H2,1H3. The molecule has 0 spiro atoms. The molecule has 0 radical (unpaired) electrons. The quantitative estimate of drug-likeness (QED) is 0.419. The molecule has 0 aromatic rings. The SMILES string of the molecule is C=NC(=O)CCCCCCCCC. The Bertz CT molecular complexity index is 143. The first-order valence-electron chi connectivity index (χ1n) is 5.30. The number of aliphatic imine (C=N–C) groups is 1. The summed E-state index contributed by atoms with van der Waals surface area (Å²) < 4.78 is 0. The Balaban J connectivity index is 2.99. The second-order valence-electron chi connectivity index (χ2n) is 3.42. The molecule has 0 aromatic carbocycles. The molecule has 0 aliphatic carbocycles. The second kappa shape index (κ2) is 9.43. The Hall–Kier alpha value is -0.660. The molecule has 0 aliphatic rings. The molecule has 0 aliphatic heterocycles. The van der Waals surface area contributed by atoms with Crippen LogP contribution in [0.2, 0.25) is 0 Å². The first-order valence-corrected chi connectivity index (χ1v) is 5.30. The van der Waals surface area contributed by atoms with E-state index in [4.69, 9.17) is 0 Å². The number of amides is 1. The van der Waals surface area contributed by atoms with Gasteiger partial charge in [0.1, 0.15) is 0 Å². The summed E-state index contributed by atoms with van der Waals surface area (Å²) in [6.45, 7) is 5.42. The maximum atomic E-state index is 10.7. The van der Waals surface area contributed by atoms with Crippen molar-refractivity contribution in [3.8, 4) is 0 Å². The monoisotopic (exact) mass is 183 g/mol. The number of rotatable bonds is 8. The highest BCUT2D eigenvalue weighted by atomic mass is 16.1. The van der Waals surface area contributed by atoms with E-state index in [1.54, 1.807) is 0 Å². The normalized spacial score (nSPS) is 9.92. The zero-order valence-electron chi connectivity index (χ0n) is 8.72. The lowest BCUT2D eigenvalue weighted by Crippen LogP contribution is -1.91. The smallest absolute Gasteiger partial charge is 0.245 e. The van der Waals surface area contributed by atoms with Crippen LogP contribution in [0.25, 0.3) is 0 Å². The lowest BCUT2D eigenvalue weighted by molar-refractivity contribution is -0.117. The predicted octanol–water partition coefficient (Wildman–Crippen LogP) is 3.35. The molecule has 0 bridgehead atoms. The summed E-state index contributed by atoms with van der Waals surface area (Å²) in [4.78, 5) is 14.1. The van der Waals surface area contributed by atoms with Crippen molar-refractivity contribution in [1.29, 1.82) is 0 Å². The van der Waals surface area contributed by atoms with Crippen molar-refractivity contribution >= 4 is 12.6 Å². The molecule has 0 aromatic heterocycles. The average Bonchev–Trinajstić information content (AvgIpc) is 2.16. The Morgan fingerprint density at radius 1 is 1.08 bits per heavy atom. The molecule has 0 fully saturated rings. The molecule has 2 nitrogen and oxygen atoms in total. The summed E-state index contributed by atoms with van der Waals surface area (Å²) >= 11 is 0. The average molecular weight is 183 g/mol. The van der Waals surface area contributed by atoms with Crippen molar-refractivity contribution in [3.05, 3.63) is 0 Å². The lowest BCUT2D eigenvalue weighted by Gasteiger charge is -1.98. The molecule has 0 N–H and O–H groups in total. The fourth-order valence-electron chi connectivity index (χ4n) is 1.31. The summed E-state index contributed by atoms with van der Waals surface area (Å²) in [7, 11) is 0. The predicted molar refractivity (Wildman–Crippen MR) is 57.2 cm³/mol. The topological polar surface area (TPSA) is 29.4 Å². The van der Waals surface area contributed by atoms with Gasteiger partial charge in [0.15, 0.2) is 0 Å². The molecule has 0 atom stereocenters. The van der Waals surface area contributed by atoms with Gasteiger partial charge in [-0.05, 0) is 13.1 Å². The minimum atomic E-state index is -0.0615. The first-order chi connectivity index (χ1) is 6.31. The number of carbonyl (C=O) groups excluding carboxylic acids is 1. The van der Waals surface area contributed by atoms with E-state index in [9.17, 15) is 4.79 Å². The van der Waals surface area contributed by atoms with Crippen LogP contribution in [0.1, 0.15) is 58.3 Å². The molecule has 2 heteroatoms. The molecule has 0 saturated carbocycles. The summed E-state index contributed by atoms with van der Waals surface area (Å²) in [5, 5.41) is 0. The van der Waals surface area contributed by atoms with Crippen molar-refractivity contribution in [2.75, 3.05) is 0 Å². The van der Waals surface area contributed by atoms with Gasteiger partial charge < -0.3 is 0 Å². The molecule has 1 amide bonds. The zero-order valence-corrected chi connectivity index (χ0v) is 8.72. The summed E-state index contributed by atoms with van der Waals surface area (Å²) in [5.74, 6) is -0.0615. The molecule has 0 saturated heterocycles. The Morgan fingerprint density at radius 2 is 1.62 bits per heavy atom. The van der Waals surface area contributed by atoms with E-state index in [1.165, 1.54) is 32.1 Å². The maximum absolute atomic E-state index is 10.7. The Morgan fingerprint density at radius 3 is 2.15 bits per heavy atom. The third kappa shape index (κ3) is 9.25. The van der Waals surface area contributed by atoms with Crippen LogP contribution >= 0.6 is 0 Å². The molecule has 76 valence electrons. The number of carbonyl (C=O) groups is 1. The van der Waals surface area contributed by atoms with E-state index in [0.717, 1.165) is 12.8 Å². The molecular formula is C11H21NO. The minimum Gasteiger partial charge on any atom is -0.273 e. The van der Waals surface area contributed by atoms with Gasteiger partial charge in [-0.1, -0.05) is 45.4 Å². The first kappa shape index (κ1) is 12.3. The van der Waals surface area contributed by atoms with E-state index < -0.39 is 0 Å². The van der Waals surface area contributed by atoms with Gasteiger partial charge in [-0.3, -0.25) is 4.79 Å². The molecule has 0 heterocycles. The van der Waals surface area contributed by atoms with Crippen molar-refractivity contribution in [2.24, 2.45) is 4.99 Å². The Labute approximate surface area is 81.4 Å². The van der Waals surface area contributed by atoms with Gasteiger partial charge in [-0.25, -0.2) is 4.99 Å². The number of hydrogen-bond donors (Lipinski definition) is 0. The zero-order chi connectivity index (χ0) is 9.94. The van der Waals surface area contributed by atoms with Crippen LogP contribution in [0.4, 0.5) is 0 Å². The van der Waals surface area contributed by atoms with Gasteiger partial charge in [0.05, 0.1) is 0 Å². The van der Waals surface area contributed by atoms with Gasteiger partial charge in [0.25, 0.3) is 0 Å². The van der Waals surface area contributed by atoms with Gasteiger partial charge in [0.2, 0.25) is 5.91 Å². The second-order valence-corrected chi connectivity index (χ2v) is 3.42. The van der Waals surface area contributed by atoms with E-state index in [-0.39, 0.29) is 5.91 Å². The van der Waals surface area contributed by atoms with Crippen LogP contribution in [-0.4, -0.2) is 12.6 Å². The minimum absolute atomic E-state index is 0.0615. The van der Waals surface area contributed by atoms with Crippen LogP contribution in [0.3, 0.4) is 0 Å². The highest BCUT2D eigenvalue weighted by Crippen LogP contribution is 2.08. The van der Waals surface area contributed by atoms with E-state index in [1.807, 2.05) is 0 Å². The fourth-order valence-corrected chi connectivity index (χ4v) is 1.31. The third-order valence-electron chi connectivity index (χ3n) is 2.17. The highest BCUT2D eigenvalue weighted by Gasteiger charge is 1.96. The van der Waals surface area contributed by atoms with Crippen molar-refractivity contribution in [2.45, 2.75) is 58.3 Å². The van der Waals surface area contributed by atoms with Crippen LogP contribution < -0.4 is 0 Å². The fraction of sp³-hybridized carbons (Fsp3) is 0.818. The Kier molecular flexibility index (Phi) is 8.95. The van der Waals surface area contributed by atoms with Crippen molar-refractivity contribution in [3.63, 3.8) is 0 Å². The molecule has 13 heavy (non-hydrogen) atoms. The maximum Gasteiger partial charge on any atom is 0.245 e. The van der Waals surface area contributed by atoms with Crippen LogP contribution in [-0.2, 0) is 4.79 Å². The summed E-state index contributed by atoms with van der Waals surface area (Å²) in [6.07, 6.45) is 9.25. The number of nitrogens with zero attached hydrogens (tertiary/aromatic N) is 1.